The molecule has 1 amide bonds. The van der Waals surface area contributed by atoms with Gasteiger partial charge in [0.15, 0.2) is 5.89 Å². The van der Waals surface area contributed by atoms with E-state index in [2.05, 4.69) is 9.97 Å². The van der Waals surface area contributed by atoms with Crippen molar-refractivity contribution in [3.63, 3.8) is 0 Å². The van der Waals surface area contributed by atoms with Crippen molar-refractivity contribution >= 4 is 28.4 Å². The molecule has 1 fully saturated rings. The highest BCUT2D eigenvalue weighted by atomic mass is 35.5. The largest absolute Gasteiger partial charge is 0.445 e. The number of oxazole rings is 1. The third-order valence-electron chi connectivity index (χ3n) is 5.71. The highest BCUT2D eigenvalue weighted by molar-refractivity contribution is 6.30. The summed E-state index contributed by atoms with van der Waals surface area (Å²) in [6, 6.07) is 13.8. The molecule has 0 aliphatic carbocycles. The number of carbonyl (C=O) groups is 1. The zero-order chi connectivity index (χ0) is 21.4. The van der Waals surface area contributed by atoms with Crippen LogP contribution in [0.25, 0.3) is 10.9 Å². The average Bonchev–Trinajstić information content (AvgIpc) is 3.40. The number of piperidine rings is 1. The molecular weight excluding hydrogens is 417 g/mol. The number of carbonyl (C=O) groups excluding carboxylic acids is 1. The van der Waals surface area contributed by atoms with Crippen LogP contribution in [0.5, 0.6) is 0 Å². The fourth-order valence-electron chi connectivity index (χ4n) is 4.19. The zero-order valence-corrected chi connectivity index (χ0v) is 17.5. The molecule has 0 saturated carbocycles. The van der Waals surface area contributed by atoms with Gasteiger partial charge in [-0.25, -0.2) is 9.37 Å². The summed E-state index contributed by atoms with van der Waals surface area (Å²) in [4.78, 5) is 22.4. The zero-order valence-electron chi connectivity index (χ0n) is 16.8. The molecule has 1 atom stereocenters. The minimum atomic E-state index is -0.319. The van der Waals surface area contributed by atoms with Crippen LogP contribution < -0.4 is 0 Å². The third kappa shape index (κ3) is 4.21. The Morgan fingerprint density at radius 2 is 2.16 bits per heavy atom. The molecule has 5 rings (SSSR count). The second-order valence-corrected chi connectivity index (χ2v) is 8.41. The number of rotatable bonds is 4. The van der Waals surface area contributed by atoms with E-state index in [9.17, 15) is 9.18 Å². The number of hydrogen-bond donors (Lipinski definition) is 1. The summed E-state index contributed by atoms with van der Waals surface area (Å²) in [5.41, 5.74) is 2.28. The van der Waals surface area contributed by atoms with Gasteiger partial charge in [-0.05, 0) is 54.8 Å². The molecular formula is C24H21ClFN3O2. The van der Waals surface area contributed by atoms with E-state index in [1.54, 1.807) is 18.3 Å². The van der Waals surface area contributed by atoms with Gasteiger partial charge in [-0.2, -0.15) is 0 Å². The SMILES string of the molecule is O=C(c1cc2cc(F)ccc2[nH]1)N1CCCC(c2ncc(Cc3cccc(Cl)c3)o2)C1. The van der Waals surface area contributed by atoms with Crippen molar-refractivity contribution in [2.24, 2.45) is 0 Å². The van der Waals surface area contributed by atoms with Crippen LogP contribution in [0.2, 0.25) is 5.02 Å². The van der Waals surface area contributed by atoms with Gasteiger partial charge in [-0.15, -0.1) is 0 Å². The maximum absolute atomic E-state index is 13.5. The first-order valence-corrected chi connectivity index (χ1v) is 10.7. The van der Waals surface area contributed by atoms with Gasteiger partial charge in [-0.3, -0.25) is 4.79 Å². The van der Waals surface area contributed by atoms with E-state index in [1.165, 1.54) is 12.1 Å². The number of fused-ring (bicyclic) bond motifs is 1. The van der Waals surface area contributed by atoms with Crippen molar-refractivity contribution in [1.29, 1.82) is 0 Å². The molecule has 0 bridgehead atoms. The number of likely N-dealkylation sites (tertiary alicyclic amines) is 1. The van der Waals surface area contributed by atoms with Gasteiger partial charge in [-0.1, -0.05) is 23.7 Å². The highest BCUT2D eigenvalue weighted by Gasteiger charge is 2.29. The summed E-state index contributed by atoms with van der Waals surface area (Å²) in [6.07, 6.45) is 4.16. The van der Waals surface area contributed by atoms with E-state index >= 15 is 0 Å². The summed E-state index contributed by atoms with van der Waals surface area (Å²) in [5, 5.41) is 1.38. The smallest absolute Gasteiger partial charge is 0.270 e. The third-order valence-corrected chi connectivity index (χ3v) is 5.94. The Kier molecular flexibility index (Phi) is 5.24. The summed E-state index contributed by atoms with van der Waals surface area (Å²) in [7, 11) is 0. The molecule has 2 aromatic heterocycles. The van der Waals surface area contributed by atoms with Crippen molar-refractivity contribution in [3.05, 3.63) is 88.5 Å². The molecule has 4 aromatic rings. The fraction of sp³-hybridized carbons (Fsp3) is 0.250. The predicted molar refractivity (Wildman–Crippen MR) is 117 cm³/mol. The number of aromatic nitrogens is 2. The van der Waals surface area contributed by atoms with Crippen LogP contribution in [0.3, 0.4) is 0 Å². The van der Waals surface area contributed by atoms with Gasteiger partial charge in [0.1, 0.15) is 17.3 Å². The molecule has 2 aromatic carbocycles. The monoisotopic (exact) mass is 437 g/mol. The van der Waals surface area contributed by atoms with Crippen molar-refractivity contribution in [3.8, 4) is 0 Å². The van der Waals surface area contributed by atoms with E-state index in [0.29, 0.717) is 41.5 Å². The lowest BCUT2D eigenvalue weighted by atomic mass is 9.97. The predicted octanol–water partition coefficient (Wildman–Crippen LogP) is 5.56. The number of halogens is 2. The van der Waals surface area contributed by atoms with E-state index in [0.717, 1.165) is 29.7 Å². The van der Waals surface area contributed by atoms with Crippen LogP contribution in [0.4, 0.5) is 4.39 Å². The normalized spacial score (nSPS) is 16.7. The second kappa shape index (κ2) is 8.19. The van der Waals surface area contributed by atoms with Crippen molar-refractivity contribution < 1.29 is 13.6 Å². The molecule has 1 saturated heterocycles. The summed E-state index contributed by atoms with van der Waals surface area (Å²) >= 11 is 6.06. The van der Waals surface area contributed by atoms with E-state index in [4.69, 9.17) is 16.0 Å². The van der Waals surface area contributed by atoms with Gasteiger partial charge in [0, 0.05) is 35.4 Å². The van der Waals surface area contributed by atoms with Gasteiger partial charge in [0.05, 0.1) is 12.1 Å². The average molecular weight is 438 g/mol. The number of hydrogen-bond acceptors (Lipinski definition) is 3. The number of nitrogens with one attached hydrogen (secondary N) is 1. The maximum atomic E-state index is 13.5. The Morgan fingerprint density at radius 3 is 3.03 bits per heavy atom. The Labute approximate surface area is 183 Å². The molecule has 158 valence electrons. The minimum Gasteiger partial charge on any atom is -0.445 e. The maximum Gasteiger partial charge on any atom is 0.270 e. The molecule has 31 heavy (non-hydrogen) atoms. The lowest BCUT2D eigenvalue weighted by molar-refractivity contribution is 0.0693. The molecule has 1 unspecified atom stereocenters. The first-order chi connectivity index (χ1) is 15.0. The number of amides is 1. The number of H-pyrrole nitrogens is 1. The highest BCUT2D eigenvalue weighted by Crippen LogP contribution is 2.29. The molecule has 1 aliphatic heterocycles. The lowest BCUT2D eigenvalue weighted by Gasteiger charge is -2.31. The Bertz CT molecular complexity index is 1250. The molecule has 7 heteroatoms. The van der Waals surface area contributed by atoms with Crippen LogP contribution in [-0.2, 0) is 6.42 Å². The van der Waals surface area contributed by atoms with Crippen LogP contribution >= 0.6 is 11.6 Å². The Balaban J connectivity index is 1.29. The minimum absolute atomic E-state index is 0.0487. The van der Waals surface area contributed by atoms with Gasteiger partial charge in [0.25, 0.3) is 5.91 Å². The standard InChI is InChI=1S/C24H21ClFN3O2/c25-18-5-1-3-15(9-18)10-20-13-27-23(31-20)16-4-2-8-29(14-16)24(30)22-12-17-11-19(26)6-7-21(17)28-22/h1,3,5-7,9,11-13,16,28H,2,4,8,10,14H2. The fourth-order valence-corrected chi connectivity index (χ4v) is 4.41. The van der Waals surface area contributed by atoms with Gasteiger partial charge < -0.3 is 14.3 Å². The van der Waals surface area contributed by atoms with Crippen molar-refractivity contribution in [2.75, 3.05) is 13.1 Å². The van der Waals surface area contributed by atoms with Crippen LogP contribution in [0.15, 0.2) is 59.1 Å². The van der Waals surface area contributed by atoms with Crippen molar-refractivity contribution in [1.82, 2.24) is 14.9 Å². The van der Waals surface area contributed by atoms with E-state index < -0.39 is 0 Å². The molecule has 0 radical (unpaired) electrons. The van der Waals surface area contributed by atoms with Gasteiger partial charge in [0.2, 0.25) is 0 Å². The summed E-state index contributed by atoms with van der Waals surface area (Å²) < 4.78 is 19.5. The molecule has 3 heterocycles. The van der Waals surface area contributed by atoms with Gasteiger partial charge >= 0.3 is 0 Å². The number of benzene rings is 2. The topological polar surface area (TPSA) is 62.1 Å². The first-order valence-electron chi connectivity index (χ1n) is 10.3. The van der Waals surface area contributed by atoms with E-state index in [-0.39, 0.29) is 17.6 Å². The first kappa shape index (κ1) is 19.8. The number of aromatic amines is 1. The van der Waals surface area contributed by atoms with Crippen molar-refractivity contribution in [2.45, 2.75) is 25.2 Å². The summed E-state index contributed by atoms with van der Waals surface area (Å²) in [5.74, 6) is 1.08. The van der Waals surface area contributed by atoms with Crippen LogP contribution in [0, 0.1) is 5.82 Å². The molecule has 1 N–H and O–H groups in total. The molecule has 1 aliphatic rings. The molecule has 5 nitrogen and oxygen atoms in total. The van der Waals surface area contributed by atoms with Crippen LogP contribution in [0.1, 0.15) is 46.5 Å². The molecule has 0 spiro atoms. The Hall–Kier alpha value is -3.12. The van der Waals surface area contributed by atoms with Crippen LogP contribution in [-0.4, -0.2) is 33.9 Å². The number of nitrogens with zero attached hydrogens (tertiary/aromatic N) is 2. The Morgan fingerprint density at radius 1 is 1.26 bits per heavy atom. The quantitative estimate of drug-likeness (QED) is 0.454. The van der Waals surface area contributed by atoms with E-state index in [1.807, 2.05) is 29.2 Å². The lowest BCUT2D eigenvalue weighted by Crippen LogP contribution is -2.39. The summed E-state index contributed by atoms with van der Waals surface area (Å²) in [6.45, 7) is 1.22. The second-order valence-electron chi connectivity index (χ2n) is 7.98.